The Bertz CT molecular complexity index is 899. The third-order valence-corrected chi connectivity index (χ3v) is 5.92. The fourth-order valence-corrected chi connectivity index (χ4v) is 4.12. The number of nitrogens with one attached hydrogen (secondary N) is 1. The van der Waals surface area contributed by atoms with E-state index in [2.05, 4.69) is 34.6 Å². The Hall–Kier alpha value is -1.47. The number of fused-ring (bicyclic) bond motifs is 1. The summed E-state index contributed by atoms with van der Waals surface area (Å²) < 4.78 is 7.55. The van der Waals surface area contributed by atoms with E-state index in [0.717, 1.165) is 6.16 Å². The van der Waals surface area contributed by atoms with E-state index in [0.29, 0.717) is 23.7 Å². The molecule has 2 aromatic rings. The molecule has 0 amide bonds. The highest BCUT2D eigenvalue weighted by Crippen LogP contribution is 2.40. The van der Waals surface area contributed by atoms with E-state index in [9.17, 15) is 15.0 Å². The standard InChI is InChI=1S/C16H25N4O4P/c1-8-17-14-11(15(23)18-8)19-9(2)20(14)16-13(22)12(21)10(24-16)6-7-25(3,4)5/h10,12-13,16,21-22H,3,6-7H2,1-2,4-5H3,(H,17,18,23)/t10?,12-,13-,16-/m1/s1. The monoisotopic (exact) mass is 368 g/mol. The zero-order chi connectivity index (χ0) is 18.5. The van der Waals surface area contributed by atoms with E-state index in [-0.39, 0.29) is 11.1 Å². The van der Waals surface area contributed by atoms with E-state index in [1.807, 2.05) is 0 Å². The molecule has 9 heteroatoms. The molecule has 2 aromatic heterocycles. The highest BCUT2D eigenvalue weighted by Gasteiger charge is 2.44. The van der Waals surface area contributed by atoms with Crippen LogP contribution in [0, 0.1) is 13.8 Å². The van der Waals surface area contributed by atoms with Gasteiger partial charge in [-0.05, 0) is 39.8 Å². The Labute approximate surface area is 145 Å². The van der Waals surface area contributed by atoms with E-state index >= 15 is 0 Å². The molecule has 0 spiro atoms. The van der Waals surface area contributed by atoms with Gasteiger partial charge in [0.25, 0.3) is 5.56 Å². The van der Waals surface area contributed by atoms with Gasteiger partial charge in [0.15, 0.2) is 17.4 Å². The summed E-state index contributed by atoms with van der Waals surface area (Å²) in [6, 6.07) is 0. The van der Waals surface area contributed by atoms with Crippen molar-refractivity contribution in [3.63, 3.8) is 0 Å². The fraction of sp³-hybridized carbons (Fsp3) is 0.625. The van der Waals surface area contributed by atoms with E-state index in [1.54, 1.807) is 18.4 Å². The predicted octanol–water partition coefficient (Wildman–Crippen LogP) is 0.455. The summed E-state index contributed by atoms with van der Waals surface area (Å²) in [5.41, 5.74) is 0.208. The van der Waals surface area contributed by atoms with Gasteiger partial charge in [-0.3, -0.25) is 9.36 Å². The van der Waals surface area contributed by atoms with Gasteiger partial charge in [-0.1, -0.05) is 0 Å². The normalized spacial score (nSPS) is 27.3. The van der Waals surface area contributed by atoms with Crippen molar-refractivity contribution in [3.05, 3.63) is 22.0 Å². The highest BCUT2D eigenvalue weighted by atomic mass is 31.2. The fourth-order valence-electron chi connectivity index (χ4n) is 3.16. The molecule has 0 aromatic carbocycles. The lowest BCUT2D eigenvalue weighted by molar-refractivity contribution is -0.0364. The number of hydrogen-bond donors (Lipinski definition) is 3. The third kappa shape index (κ3) is 3.44. The molecule has 0 bridgehead atoms. The van der Waals surface area contributed by atoms with Crippen LogP contribution in [0.2, 0.25) is 0 Å². The van der Waals surface area contributed by atoms with Gasteiger partial charge in [0.1, 0.15) is 23.9 Å². The molecule has 1 aliphatic heterocycles. The molecule has 8 nitrogen and oxygen atoms in total. The molecule has 0 radical (unpaired) electrons. The Morgan fingerprint density at radius 2 is 1.96 bits per heavy atom. The van der Waals surface area contributed by atoms with Gasteiger partial charge >= 0.3 is 0 Å². The summed E-state index contributed by atoms with van der Waals surface area (Å²) in [5.74, 6) is 0.951. The number of rotatable bonds is 4. The predicted molar refractivity (Wildman–Crippen MR) is 98.9 cm³/mol. The quantitative estimate of drug-likeness (QED) is 0.676. The van der Waals surface area contributed by atoms with Gasteiger partial charge in [-0.15, -0.1) is 13.2 Å². The van der Waals surface area contributed by atoms with Crippen molar-refractivity contribution < 1.29 is 14.9 Å². The number of nitrogens with zero attached hydrogens (tertiary/aromatic N) is 3. The summed E-state index contributed by atoms with van der Waals surface area (Å²) in [5, 5.41) is 20.9. The first-order valence-corrected chi connectivity index (χ1v) is 11.3. The topological polar surface area (TPSA) is 113 Å². The van der Waals surface area contributed by atoms with Crippen molar-refractivity contribution in [2.45, 2.75) is 44.8 Å². The number of aromatic amines is 1. The van der Waals surface area contributed by atoms with Gasteiger partial charge in [-0.2, -0.15) is 0 Å². The third-order valence-electron chi connectivity index (χ3n) is 4.46. The zero-order valence-corrected chi connectivity index (χ0v) is 15.8. The smallest absolute Gasteiger partial charge is 0.279 e. The molecule has 3 heterocycles. The summed E-state index contributed by atoms with van der Waals surface area (Å²) in [6.45, 7) is 6.38. The van der Waals surface area contributed by atoms with Crippen LogP contribution in [0.3, 0.4) is 0 Å². The second kappa shape index (κ2) is 6.36. The Morgan fingerprint density at radius 1 is 1.28 bits per heavy atom. The molecule has 1 saturated heterocycles. The van der Waals surface area contributed by atoms with Gasteiger partial charge in [-0.25, -0.2) is 9.97 Å². The summed E-state index contributed by atoms with van der Waals surface area (Å²) in [6.07, 6.45) is 2.21. The number of aryl methyl sites for hydroxylation is 2. The molecule has 0 aliphatic carbocycles. The summed E-state index contributed by atoms with van der Waals surface area (Å²) >= 11 is 0. The number of aliphatic hydroxyl groups is 2. The molecule has 25 heavy (non-hydrogen) atoms. The van der Waals surface area contributed by atoms with Gasteiger partial charge < -0.3 is 19.9 Å². The minimum Gasteiger partial charge on any atom is -0.388 e. The Kier molecular flexibility index (Phi) is 4.66. The lowest BCUT2D eigenvalue weighted by Crippen LogP contribution is -2.32. The van der Waals surface area contributed by atoms with Crippen LogP contribution in [0.1, 0.15) is 24.3 Å². The van der Waals surface area contributed by atoms with Crippen LogP contribution >= 0.6 is 6.89 Å². The molecule has 3 rings (SSSR count). The lowest BCUT2D eigenvalue weighted by atomic mass is 10.1. The number of hydrogen-bond acceptors (Lipinski definition) is 6. The Balaban J connectivity index is 1.97. The van der Waals surface area contributed by atoms with Gasteiger partial charge in [0.2, 0.25) is 0 Å². The van der Waals surface area contributed by atoms with Crippen LogP contribution in [0.25, 0.3) is 11.2 Å². The molecular weight excluding hydrogens is 343 g/mol. The number of aliphatic hydroxyl groups excluding tert-OH is 2. The minimum atomic E-state index is -1.26. The van der Waals surface area contributed by atoms with E-state index < -0.39 is 31.4 Å². The highest BCUT2D eigenvalue weighted by molar-refractivity contribution is 7.72. The molecule has 0 saturated carbocycles. The average molecular weight is 368 g/mol. The van der Waals surface area contributed by atoms with Crippen molar-refractivity contribution in [3.8, 4) is 0 Å². The van der Waals surface area contributed by atoms with Crippen molar-refractivity contribution >= 4 is 24.3 Å². The first-order chi connectivity index (χ1) is 11.6. The van der Waals surface area contributed by atoms with Crippen LogP contribution in [0.15, 0.2) is 4.79 Å². The van der Waals surface area contributed by atoms with Crippen LogP contribution in [-0.4, -0.2) is 73.8 Å². The van der Waals surface area contributed by atoms with Crippen molar-refractivity contribution in [2.24, 2.45) is 0 Å². The molecule has 138 valence electrons. The van der Waals surface area contributed by atoms with Crippen LogP contribution in [0.4, 0.5) is 0 Å². The van der Waals surface area contributed by atoms with Crippen LogP contribution in [-0.2, 0) is 4.74 Å². The minimum absolute atomic E-state index is 0.196. The van der Waals surface area contributed by atoms with Crippen molar-refractivity contribution in [2.75, 3.05) is 19.5 Å². The second-order valence-corrected chi connectivity index (χ2v) is 11.7. The SMILES string of the molecule is C=P(C)(C)CCC1O[C@@H](n2c(C)nc3c(=O)[nH]c(C)nc32)[C@H](O)[C@@H]1O. The van der Waals surface area contributed by atoms with Gasteiger partial charge in [0.05, 0.1) is 6.10 Å². The largest absolute Gasteiger partial charge is 0.388 e. The van der Waals surface area contributed by atoms with E-state index in [1.165, 1.54) is 0 Å². The number of ether oxygens (including phenoxy) is 1. The van der Waals surface area contributed by atoms with Gasteiger partial charge in [0, 0.05) is 0 Å². The maximum atomic E-state index is 12.1. The molecule has 4 atom stereocenters. The first-order valence-electron chi connectivity index (χ1n) is 8.23. The summed E-state index contributed by atoms with van der Waals surface area (Å²) in [4.78, 5) is 23.3. The summed E-state index contributed by atoms with van der Waals surface area (Å²) in [7, 11) is 0. The lowest BCUT2D eigenvalue weighted by Gasteiger charge is -2.19. The molecule has 1 aliphatic rings. The molecule has 1 fully saturated rings. The van der Waals surface area contributed by atoms with Crippen LogP contribution in [0.5, 0.6) is 0 Å². The first kappa shape index (κ1) is 18.3. The number of imidazole rings is 1. The molecule has 3 N–H and O–H groups in total. The second-order valence-electron chi connectivity index (χ2n) is 7.35. The zero-order valence-electron chi connectivity index (χ0n) is 14.9. The molecular formula is C16H25N4O4P. The van der Waals surface area contributed by atoms with Crippen LogP contribution < -0.4 is 5.56 Å². The Morgan fingerprint density at radius 3 is 2.60 bits per heavy atom. The van der Waals surface area contributed by atoms with Crippen molar-refractivity contribution in [1.29, 1.82) is 0 Å². The number of H-pyrrole nitrogens is 1. The van der Waals surface area contributed by atoms with Crippen molar-refractivity contribution in [1.82, 2.24) is 19.5 Å². The average Bonchev–Trinajstić information content (AvgIpc) is 2.95. The number of aromatic nitrogens is 4. The molecule has 1 unspecified atom stereocenters. The maximum Gasteiger partial charge on any atom is 0.279 e. The maximum absolute atomic E-state index is 12.1. The van der Waals surface area contributed by atoms with E-state index in [4.69, 9.17) is 4.74 Å².